The number of likely N-dealkylation sites (tertiary alicyclic amines) is 2. The van der Waals surface area contributed by atoms with Gasteiger partial charge in [-0.05, 0) is 57.5 Å². The highest BCUT2D eigenvalue weighted by Crippen LogP contribution is 2.35. The van der Waals surface area contributed by atoms with Gasteiger partial charge >= 0.3 is 0 Å². The molecule has 2 aromatic rings. The van der Waals surface area contributed by atoms with Crippen molar-refractivity contribution in [2.75, 3.05) is 38.2 Å². The molecule has 5 rings (SSSR count). The van der Waals surface area contributed by atoms with Gasteiger partial charge in [-0.2, -0.15) is 0 Å². The van der Waals surface area contributed by atoms with E-state index in [1.54, 1.807) is 30.2 Å². The zero-order valence-corrected chi connectivity index (χ0v) is 20.4. The number of hydrogen-bond donors (Lipinski definition) is 1. The predicted molar refractivity (Wildman–Crippen MR) is 131 cm³/mol. The van der Waals surface area contributed by atoms with Crippen molar-refractivity contribution in [2.24, 2.45) is 5.92 Å². The van der Waals surface area contributed by atoms with Crippen molar-refractivity contribution in [3.8, 4) is 0 Å². The van der Waals surface area contributed by atoms with E-state index in [9.17, 15) is 9.18 Å². The Balaban J connectivity index is 1.15. The maximum absolute atomic E-state index is 13.8. The van der Waals surface area contributed by atoms with Gasteiger partial charge in [-0.15, -0.1) is 0 Å². The first-order valence-electron chi connectivity index (χ1n) is 12.1. The van der Waals surface area contributed by atoms with Crippen LogP contribution in [0.15, 0.2) is 23.4 Å². The molecule has 34 heavy (non-hydrogen) atoms. The summed E-state index contributed by atoms with van der Waals surface area (Å²) >= 11 is 1.62. The fraction of sp³-hybridized carbons (Fsp3) is 0.583. The van der Waals surface area contributed by atoms with Crippen LogP contribution in [0.4, 0.5) is 10.3 Å². The van der Waals surface area contributed by atoms with Gasteiger partial charge in [0.25, 0.3) is 0 Å². The topological polar surface area (TPSA) is 93.2 Å². The van der Waals surface area contributed by atoms with Gasteiger partial charge in [0.05, 0.1) is 5.69 Å². The number of allylic oxidation sites excluding steroid dienone is 1. The number of amides is 1. The van der Waals surface area contributed by atoms with Crippen LogP contribution in [0.5, 0.6) is 0 Å². The Kier molecular flexibility index (Phi) is 6.87. The van der Waals surface area contributed by atoms with Crippen LogP contribution in [0.1, 0.15) is 55.1 Å². The van der Waals surface area contributed by atoms with E-state index in [-0.39, 0.29) is 11.7 Å². The summed E-state index contributed by atoms with van der Waals surface area (Å²) in [5.74, 6) is 0.612. The molecular formula is C24H32FN7OS. The lowest BCUT2D eigenvalue weighted by molar-refractivity contribution is -0.138. The molecule has 2 aromatic heterocycles. The quantitative estimate of drug-likeness (QED) is 0.650. The Morgan fingerprint density at radius 1 is 1.12 bits per heavy atom. The number of nitrogens with two attached hydrogens (primary N) is 1. The Labute approximate surface area is 203 Å². The second kappa shape index (κ2) is 10.0. The molecule has 0 aromatic carbocycles. The largest absolute Gasteiger partial charge is 0.368 e. The van der Waals surface area contributed by atoms with Gasteiger partial charge < -0.3 is 15.2 Å². The fourth-order valence-electron chi connectivity index (χ4n) is 5.45. The van der Waals surface area contributed by atoms with E-state index in [1.165, 1.54) is 0 Å². The lowest BCUT2D eigenvalue weighted by Gasteiger charge is -2.38. The first-order valence-corrected chi connectivity index (χ1v) is 13.3. The van der Waals surface area contributed by atoms with Gasteiger partial charge in [0.15, 0.2) is 5.16 Å². The van der Waals surface area contributed by atoms with E-state index < -0.39 is 0 Å². The average Bonchev–Trinajstić information content (AvgIpc) is 3.23. The molecule has 4 heterocycles. The molecule has 0 bridgehead atoms. The number of nitrogen functional groups attached to an aromatic ring is 1. The van der Waals surface area contributed by atoms with E-state index in [2.05, 4.69) is 29.3 Å². The average molecular weight is 486 g/mol. The van der Waals surface area contributed by atoms with Crippen molar-refractivity contribution in [1.29, 1.82) is 0 Å². The molecule has 2 N–H and O–H groups in total. The number of halogens is 1. The molecule has 2 saturated heterocycles. The highest BCUT2D eigenvalue weighted by Gasteiger charge is 2.33. The SMILES string of the molecule is CSc1nc2c(n1C1CCN(C(=O)C3CCN(Cc4cnc(N)nc4)CC3)CC1)CCC(F)=C2. The summed E-state index contributed by atoms with van der Waals surface area (Å²) in [5, 5.41) is 0.958. The van der Waals surface area contributed by atoms with Crippen molar-refractivity contribution in [3.05, 3.63) is 35.2 Å². The van der Waals surface area contributed by atoms with Gasteiger partial charge in [0.2, 0.25) is 11.9 Å². The lowest BCUT2D eigenvalue weighted by Crippen LogP contribution is -2.45. The molecule has 0 atom stereocenters. The van der Waals surface area contributed by atoms with Crippen LogP contribution in [-0.4, -0.2) is 67.7 Å². The number of rotatable bonds is 5. The summed E-state index contributed by atoms with van der Waals surface area (Å²) < 4.78 is 16.1. The first-order chi connectivity index (χ1) is 16.5. The molecule has 1 amide bonds. The number of aromatic nitrogens is 4. The molecule has 10 heteroatoms. The molecule has 8 nitrogen and oxygen atoms in total. The normalized spacial score (nSPS) is 20.3. The number of fused-ring (bicyclic) bond motifs is 1. The third-order valence-electron chi connectivity index (χ3n) is 7.29. The lowest BCUT2D eigenvalue weighted by atomic mass is 9.93. The Hall–Kier alpha value is -2.46. The minimum absolute atomic E-state index is 0.0851. The number of anilines is 1. The van der Waals surface area contributed by atoms with Crippen molar-refractivity contribution in [2.45, 2.75) is 56.3 Å². The monoisotopic (exact) mass is 485 g/mol. The van der Waals surface area contributed by atoms with Crippen LogP contribution in [0.25, 0.3) is 6.08 Å². The minimum atomic E-state index is -0.0851. The summed E-state index contributed by atoms with van der Waals surface area (Å²) in [6.45, 7) is 4.15. The van der Waals surface area contributed by atoms with Crippen LogP contribution < -0.4 is 5.73 Å². The Morgan fingerprint density at radius 3 is 2.50 bits per heavy atom. The number of nitrogens with zero attached hydrogens (tertiary/aromatic N) is 6. The number of thioether (sulfide) groups is 1. The summed E-state index contributed by atoms with van der Waals surface area (Å²) in [6.07, 6.45) is 11.9. The third kappa shape index (κ3) is 4.84. The van der Waals surface area contributed by atoms with E-state index >= 15 is 0 Å². The number of carbonyl (C=O) groups excluding carboxylic acids is 1. The number of hydrogen-bond acceptors (Lipinski definition) is 7. The van der Waals surface area contributed by atoms with Crippen molar-refractivity contribution in [1.82, 2.24) is 29.3 Å². The zero-order valence-electron chi connectivity index (χ0n) is 19.6. The number of imidazole rings is 1. The molecule has 0 unspecified atom stereocenters. The summed E-state index contributed by atoms with van der Waals surface area (Å²) in [4.78, 5) is 30.5. The maximum Gasteiger partial charge on any atom is 0.225 e. The van der Waals surface area contributed by atoms with E-state index in [1.807, 2.05) is 6.26 Å². The van der Waals surface area contributed by atoms with Gasteiger partial charge in [-0.25, -0.2) is 19.3 Å². The van der Waals surface area contributed by atoms with E-state index in [4.69, 9.17) is 5.73 Å². The van der Waals surface area contributed by atoms with Crippen molar-refractivity contribution >= 4 is 29.7 Å². The van der Waals surface area contributed by atoms with Crippen LogP contribution in [0.2, 0.25) is 0 Å². The Morgan fingerprint density at radius 2 is 1.82 bits per heavy atom. The van der Waals surface area contributed by atoms with Crippen molar-refractivity contribution < 1.29 is 9.18 Å². The molecular weight excluding hydrogens is 453 g/mol. The molecule has 0 saturated carbocycles. The predicted octanol–water partition coefficient (Wildman–Crippen LogP) is 3.31. The molecule has 3 aliphatic rings. The number of carbonyl (C=O) groups is 1. The zero-order chi connectivity index (χ0) is 23.7. The van der Waals surface area contributed by atoms with E-state index in [0.29, 0.717) is 30.7 Å². The van der Waals surface area contributed by atoms with Crippen LogP contribution in [0.3, 0.4) is 0 Å². The summed E-state index contributed by atoms with van der Waals surface area (Å²) in [5.41, 5.74) is 8.54. The van der Waals surface area contributed by atoms with Gasteiger partial charge in [0, 0.05) is 61.7 Å². The molecule has 182 valence electrons. The smallest absolute Gasteiger partial charge is 0.225 e. The first kappa shape index (κ1) is 23.3. The fourth-order valence-corrected chi connectivity index (χ4v) is 6.09. The summed E-state index contributed by atoms with van der Waals surface area (Å²) in [7, 11) is 0. The molecule has 0 radical (unpaired) electrons. The maximum atomic E-state index is 13.8. The second-order valence-corrected chi connectivity index (χ2v) is 10.2. The number of piperidine rings is 2. The van der Waals surface area contributed by atoms with Gasteiger partial charge in [-0.3, -0.25) is 9.69 Å². The molecule has 0 spiro atoms. The van der Waals surface area contributed by atoms with Crippen molar-refractivity contribution in [3.63, 3.8) is 0 Å². The van der Waals surface area contributed by atoms with Crippen LogP contribution in [-0.2, 0) is 17.8 Å². The van der Waals surface area contributed by atoms with Gasteiger partial charge in [-0.1, -0.05) is 11.8 Å². The molecule has 2 fully saturated rings. The van der Waals surface area contributed by atoms with E-state index in [0.717, 1.165) is 80.5 Å². The highest BCUT2D eigenvalue weighted by atomic mass is 32.2. The minimum Gasteiger partial charge on any atom is -0.368 e. The van der Waals surface area contributed by atoms with Crippen LogP contribution in [0, 0.1) is 5.92 Å². The van der Waals surface area contributed by atoms with Gasteiger partial charge in [0.1, 0.15) is 5.83 Å². The highest BCUT2D eigenvalue weighted by molar-refractivity contribution is 7.98. The molecule has 2 aliphatic heterocycles. The molecule has 1 aliphatic carbocycles. The standard InChI is InChI=1S/C24H32FN7OS/c1-34-24-29-20-12-18(25)2-3-21(20)32(24)19-6-10-31(11-7-19)22(33)17-4-8-30(9-5-17)15-16-13-27-23(26)28-14-16/h12-14,17,19H,2-11,15H2,1H3,(H2,26,27,28). The summed E-state index contributed by atoms with van der Waals surface area (Å²) in [6, 6.07) is 0.321. The third-order valence-corrected chi connectivity index (χ3v) is 7.95. The second-order valence-electron chi connectivity index (χ2n) is 9.45. The Bertz CT molecular complexity index is 1050. The van der Waals surface area contributed by atoms with Crippen LogP contribution >= 0.6 is 11.8 Å².